The van der Waals surface area contributed by atoms with Gasteiger partial charge in [0.05, 0.1) is 7.11 Å². The van der Waals surface area contributed by atoms with Crippen LogP contribution in [-0.4, -0.2) is 48.3 Å². The van der Waals surface area contributed by atoms with Crippen LogP contribution in [0, 0.1) is 12.7 Å². The van der Waals surface area contributed by atoms with Gasteiger partial charge in [-0.3, -0.25) is 4.90 Å². The van der Waals surface area contributed by atoms with Crippen LogP contribution in [0.4, 0.5) is 20.3 Å². The normalized spacial score (nSPS) is 11.0. The van der Waals surface area contributed by atoms with E-state index in [9.17, 15) is 8.78 Å². The minimum Gasteiger partial charge on any atom is -0.497 e. The van der Waals surface area contributed by atoms with E-state index in [0.717, 1.165) is 11.3 Å². The van der Waals surface area contributed by atoms with Gasteiger partial charge in [-0.15, -0.1) is 0 Å². The monoisotopic (exact) mass is 443 g/mol. The molecule has 0 radical (unpaired) electrons. The van der Waals surface area contributed by atoms with Gasteiger partial charge in [0.1, 0.15) is 36.9 Å². The maximum Gasteiger partial charge on any atom is 0.187 e. The fourth-order valence-corrected chi connectivity index (χ4v) is 3.32. The van der Waals surface area contributed by atoms with E-state index < -0.39 is 12.5 Å². The van der Waals surface area contributed by atoms with Crippen LogP contribution in [0.15, 0.2) is 42.7 Å². The molecule has 0 aliphatic carbocycles. The fourth-order valence-electron chi connectivity index (χ4n) is 3.32. The van der Waals surface area contributed by atoms with Crippen LogP contribution in [0.25, 0.3) is 11.3 Å². The van der Waals surface area contributed by atoms with Gasteiger partial charge in [0.15, 0.2) is 11.6 Å². The van der Waals surface area contributed by atoms with E-state index in [-0.39, 0.29) is 24.7 Å². The number of halogens is 2. The van der Waals surface area contributed by atoms with Crippen molar-refractivity contribution in [2.75, 3.05) is 44.9 Å². The highest BCUT2D eigenvalue weighted by atomic mass is 19.1. The molecule has 9 heteroatoms. The van der Waals surface area contributed by atoms with Crippen molar-refractivity contribution in [3.63, 3.8) is 0 Å². The van der Waals surface area contributed by atoms with Crippen LogP contribution in [0.5, 0.6) is 11.5 Å². The molecule has 2 aromatic carbocycles. The zero-order valence-electron chi connectivity index (χ0n) is 18.1. The van der Waals surface area contributed by atoms with E-state index in [1.54, 1.807) is 14.0 Å². The molecule has 0 fully saturated rings. The molecule has 4 N–H and O–H groups in total. The third-order valence-corrected chi connectivity index (χ3v) is 5.12. The van der Waals surface area contributed by atoms with Gasteiger partial charge in [-0.2, -0.15) is 0 Å². The van der Waals surface area contributed by atoms with Gasteiger partial charge in [-0.25, -0.2) is 18.7 Å². The molecule has 0 aliphatic heterocycles. The molecule has 0 saturated carbocycles. The summed E-state index contributed by atoms with van der Waals surface area (Å²) < 4.78 is 38.2. The van der Waals surface area contributed by atoms with Gasteiger partial charge in [-0.1, -0.05) is 12.1 Å². The number of anilines is 2. The number of methoxy groups -OCH3 is 1. The number of hydrogen-bond donors (Lipinski definition) is 2. The van der Waals surface area contributed by atoms with E-state index >= 15 is 0 Å². The first-order chi connectivity index (χ1) is 15.4. The van der Waals surface area contributed by atoms with Crippen molar-refractivity contribution in [2.45, 2.75) is 13.5 Å². The highest BCUT2D eigenvalue weighted by Crippen LogP contribution is 2.35. The largest absolute Gasteiger partial charge is 0.497 e. The average molecular weight is 443 g/mol. The Kier molecular flexibility index (Phi) is 7.77. The Morgan fingerprint density at radius 3 is 2.50 bits per heavy atom. The van der Waals surface area contributed by atoms with Crippen molar-refractivity contribution in [3.05, 3.63) is 59.7 Å². The second-order valence-corrected chi connectivity index (χ2v) is 7.27. The number of hydrogen-bond acceptors (Lipinski definition) is 7. The molecule has 0 saturated heterocycles. The minimum absolute atomic E-state index is 0.129. The molecule has 3 aromatic rings. The average Bonchev–Trinajstić information content (AvgIpc) is 2.78. The summed E-state index contributed by atoms with van der Waals surface area (Å²) in [6.07, 6.45) is 1.29. The van der Waals surface area contributed by atoms with Crippen molar-refractivity contribution >= 4 is 11.5 Å². The molecular formula is C23H27F2N5O2. The molecule has 1 heterocycles. The predicted molar refractivity (Wildman–Crippen MR) is 121 cm³/mol. The number of benzene rings is 2. The van der Waals surface area contributed by atoms with Gasteiger partial charge in [0.25, 0.3) is 0 Å². The van der Waals surface area contributed by atoms with Crippen molar-refractivity contribution in [3.8, 4) is 22.8 Å². The molecule has 0 amide bonds. The smallest absolute Gasteiger partial charge is 0.187 e. The van der Waals surface area contributed by atoms with E-state index in [1.165, 1.54) is 18.5 Å². The van der Waals surface area contributed by atoms with E-state index in [2.05, 4.69) is 9.97 Å². The van der Waals surface area contributed by atoms with Crippen LogP contribution in [0.1, 0.15) is 11.1 Å². The van der Waals surface area contributed by atoms with Crippen molar-refractivity contribution in [2.24, 2.45) is 0 Å². The topological polar surface area (TPSA) is 99.5 Å². The first kappa shape index (κ1) is 23.2. The molecule has 3 rings (SSSR count). The molecule has 0 atom stereocenters. The third kappa shape index (κ3) is 5.61. The Morgan fingerprint density at radius 1 is 1.06 bits per heavy atom. The fraction of sp³-hybridized carbons (Fsp3) is 0.304. The number of nitrogens with zero attached hydrogens (tertiary/aromatic N) is 3. The van der Waals surface area contributed by atoms with E-state index in [4.69, 9.17) is 20.9 Å². The molecule has 170 valence electrons. The highest BCUT2D eigenvalue weighted by molar-refractivity contribution is 5.77. The lowest BCUT2D eigenvalue weighted by Gasteiger charge is -2.22. The number of ether oxygens (including phenoxy) is 2. The van der Waals surface area contributed by atoms with Crippen LogP contribution >= 0.6 is 0 Å². The number of rotatable bonds is 10. The zero-order valence-corrected chi connectivity index (χ0v) is 18.1. The van der Waals surface area contributed by atoms with E-state index in [0.29, 0.717) is 35.6 Å². The molecule has 7 nitrogen and oxygen atoms in total. The predicted octanol–water partition coefficient (Wildman–Crippen LogP) is 3.61. The summed E-state index contributed by atoms with van der Waals surface area (Å²) >= 11 is 0. The van der Waals surface area contributed by atoms with Gasteiger partial charge < -0.3 is 20.9 Å². The maximum atomic E-state index is 14.0. The summed E-state index contributed by atoms with van der Waals surface area (Å²) in [6, 6.07) is 10.2. The Morgan fingerprint density at radius 2 is 1.81 bits per heavy atom. The standard InChI is InChI=1S/C23H27F2N5O2/c1-15-19(11-17(25)12-20(15)26)21-22(23(27)29-14-28-21)32-10-9-30(8-7-24)13-16-3-5-18(31-2)6-4-16/h3-6,11-12,14H,7-10,13,26H2,1-2H3,(H2,27,28,29). The number of aromatic nitrogens is 2. The van der Waals surface area contributed by atoms with Crippen molar-refractivity contribution < 1.29 is 18.3 Å². The van der Waals surface area contributed by atoms with Crippen molar-refractivity contribution in [1.82, 2.24) is 14.9 Å². The van der Waals surface area contributed by atoms with Crippen molar-refractivity contribution in [1.29, 1.82) is 0 Å². The zero-order chi connectivity index (χ0) is 23.1. The summed E-state index contributed by atoms with van der Waals surface area (Å²) in [7, 11) is 1.61. The van der Waals surface area contributed by atoms with Gasteiger partial charge in [0.2, 0.25) is 0 Å². The van der Waals surface area contributed by atoms with Crippen LogP contribution in [0.3, 0.4) is 0 Å². The number of nitrogens with two attached hydrogens (primary N) is 2. The lowest BCUT2D eigenvalue weighted by molar-refractivity contribution is 0.191. The second-order valence-electron chi connectivity index (χ2n) is 7.27. The summed E-state index contributed by atoms with van der Waals surface area (Å²) in [4.78, 5) is 10.2. The molecule has 0 spiro atoms. The molecule has 0 unspecified atom stereocenters. The quantitative estimate of drug-likeness (QED) is 0.462. The summed E-state index contributed by atoms with van der Waals surface area (Å²) in [6.45, 7) is 2.73. The van der Waals surface area contributed by atoms with Gasteiger partial charge >= 0.3 is 0 Å². The van der Waals surface area contributed by atoms with Crippen LogP contribution < -0.4 is 20.9 Å². The lowest BCUT2D eigenvalue weighted by atomic mass is 10.0. The second kappa shape index (κ2) is 10.7. The third-order valence-electron chi connectivity index (χ3n) is 5.12. The Hall–Kier alpha value is -3.46. The van der Waals surface area contributed by atoms with E-state index in [1.807, 2.05) is 29.2 Å². The van der Waals surface area contributed by atoms with Gasteiger partial charge in [0, 0.05) is 30.9 Å². The maximum absolute atomic E-state index is 14.0. The Bertz CT molecular complexity index is 1050. The Balaban J connectivity index is 1.74. The summed E-state index contributed by atoms with van der Waals surface area (Å²) in [5.74, 6) is 0.643. The molecular weight excluding hydrogens is 416 g/mol. The lowest BCUT2D eigenvalue weighted by Crippen LogP contribution is -2.30. The highest BCUT2D eigenvalue weighted by Gasteiger charge is 2.18. The molecule has 1 aromatic heterocycles. The minimum atomic E-state index is -0.486. The van der Waals surface area contributed by atoms with Gasteiger partial charge in [-0.05, 0) is 42.3 Å². The van der Waals surface area contributed by atoms with Crippen LogP contribution in [0.2, 0.25) is 0 Å². The summed E-state index contributed by atoms with van der Waals surface area (Å²) in [5, 5.41) is 0. The molecule has 0 aliphatic rings. The first-order valence-electron chi connectivity index (χ1n) is 10.1. The molecule has 32 heavy (non-hydrogen) atoms. The number of nitrogen functional groups attached to an aromatic ring is 2. The SMILES string of the molecule is COc1ccc(CN(CCF)CCOc2c(N)ncnc2-c2cc(F)cc(N)c2C)cc1. The Labute approximate surface area is 186 Å². The van der Waals surface area contributed by atoms with Crippen LogP contribution in [-0.2, 0) is 6.54 Å². The molecule has 0 bridgehead atoms. The first-order valence-corrected chi connectivity index (χ1v) is 10.1. The number of alkyl halides is 1. The summed E-state index contributed by atoms with van der Waals surface area (Å²) in [5.41, 5.74) is 14.7.